The molecule has 7 rings (SSSR count). The summed E-state index contributed by atoms with van der Waals surface area (Å²) in [7, 11) is 1.99. The van der Waals surface area contributed by atoms with Crippen LogP contribution in [0.15, 0.2) is 65.5 Å². The summed E-state index contributed by atoms with van der Waals surface area (Å²) < 4.78 is 9.76. The molecule has 249 valence electrons. The number of pyridine rings is 3. The predicted molar refractivity (Wildman–Crippen MR) is 197 cm³/mol. The first-order chi connectivity index (χ1) is 22.3. The van der Waals surface area contributed by atoms with Crippen molar-refractivity contribution in [2.24, 2.45) is 13.0 Å². The molecular weight excluding hydrogens is 831 g/mol. The van der Waals surface area contributed by atoms with E-state index in [-0.39, 0.29) is 20.1 Å². The third-order valence-electron chi connectivity index (χ3n) is 8.76. The first-order valence-electron chi connectivity index (χ1n) is 16.3. The Bertz CT molecular complexity index is 2240. The minimum atomic E-state index is -1.87. The van der Waals surface area contributed by atoms with Crippen LogP contribution in [0, 0.1) is 45.7 Å². The zero-order chi connectivity index (χ0) is 33.6. The van der Waals surface area contributed by atoms with Crippen LogP contribution in [0.5, 0.6) is 0 Å². The topological polar surface area (TPSA) is 69.6 Å². The molecule has 0 N–H and O–H groups in total. The van der Waals surface area contributed by atoms with Crippen LogP contribution in [-0.4, -0.2) is 37.8 Å². The molecule has 0 atom stereocenters. The average molecular weight is 875 g/mol. The Labute approximate surface area is 300 Å². The number of fused-ring (bicyclic) bond motifs is 4. The van der Waals surface area contributed by atoms with E-state index in [4.69, 9.17) is 14.4 Å². The molecule has 0 spiro atoms. The molecule has 0 fully saturated rings. The molecular formula is C40H43GeIrN5O-2. The van der Waals surface area contributed by atoms with Crippen LogP contribution in [-0.2, 0) is 33.6 Å². The van der Waals surface area contributed by atoms with E-state index in [1.807, 2.05) is 42.9 Å². The number of nitrogens with zero attached hydrogens (tertiary/aromatic N) is 5. The minimum absolute atomic E-state index is 0. The maximum Gasteiger partial charge on any atom is 0.216 e. The van der Waals surface area contributed by atoms with E-state index >= 15 is 0 Å². The van der Waals surface area contributed by atoms with Gasteiger partial charge in [0, 0.05) is 44.4 Å². The van der Waals surface area contributed by atoms with E-state index < -0.39 is 13.3 Å². The average Bonchev–Trinajstić information content (AvgIpc) is 3.55. The maximum atomic E-state index is 6.19. The summed E-state index contributed by atoms with van der Waals surface area (Å²) in [6.45, 7) is 12.8. The second kappa shape index (κ2) is 14.1. The summed E-state index contributed by atoms with van der Waals surface area (Å²) >= 11 is -1.87. The van der Waals surface area contributed by atoms with Gasteiger partial charge in [0.25, 0.3) is 0 Å². The molecule has 48 heavy (non-hydrogen) atoms. The minimum Gasteiger partial charge on any atom is -0.486 e. The summed E-state index contributed by atoms with van der Waals surface area (Å²) in [4.78, 5) is 18.4. The van der Waals surface area contributed by atoms with Gasteiger partial charge in [0.2, 0.25) is 5.71 Å². The van der Waals surface area contributed by atoms with Crippen LogP contribution in [0.1, 0.15) is 41.8 Å². The fourth-order valence-electron chi connectivity index (χ4n) is 6.11. The molecule has 0 bridgehead atoms. The SMILES string of the molecule is Cc1c[c-]c(-c2cc(CC(C)C)[c]([Ge]([CH3])([CH3])[CH3])cn2)cc1.Cc1cc2c(nc1C)oc1c(-c3nc4ccncc4n3C)[c-]cc(C)c12.[Ir]. The quantitative estimate of drug-likeness (QED) is 0.128. The molecule has 0 aliphatic carbocycles. The first-order valence-corrected chi connectivity index (χ1v) is 23.6. The molecule has 8 heteroatoms. The smallest absolute Gasteiger partial charge is 0.216 e. The van der Waals surface area contributed by atoms with E-state index in [0.29, 0.717) is 11.6 Å². The Balaban J connectivity index is 0.000000189. The second-order valence-electron chi connectivity index (χ2n) is 14.1. The van der Waals surface area contributed by atoms with E-state index in [9.17, 15) is 0 Å². The fraction of sp³-hybridized carbons (Fsp3) is 0.300. The van der Waals surface area contributed by atoms with Gasteiger partial charge in [0.05, 0.1) is 28.6 Å². The zero-order valence-corrected chi connectivity index (χ0v) is 34.0. The summed E-state index contributed by atoms with van der Waals surface area (Å²) in [5.41, 5.74) is 12.3. The van der Waals surface area contributed by atoms with Crippen molar-refractivity contribution in [1.29, 1.82) is 0 Å². The van der Waals surface area contributed by atoms with Crippen molar-refractivity contribution in [3.05, 3.63) is 101 Å². The number of aromatic nitrogens is 5. The van der Waals surface area contributed by atoms with Gasteiger partial charge in [-0.3, -0.25) is 9.97 Å². The largest absolute Gasteiger partial charge is 0.486 e. The van der Waals surface area contributed by atoms with Crippen molar-refractivity contribution in [3.8, 4) is 22.6 Å². The molecule has 0 saturated heterocycles. The van der Waals surface area contributed by atoms with Gasteiger partial charge in [-0.15, -0.1) is 17.7 Å². The normalized spacial score (nSPS) is 11.6. The van der Waals surface area contributed by atoms with Crippen LogP contribution < -0.4 is 4.40 Å². The Kier molecular flexibility index (Phi) is 10.4. The molecule has 0 aliphatic rings. The molecule has 0 unspecified atom stereocenters. The number of imidazole rings is 1. The summed E-state index contributed by atoms with van der Waals surface area (Å²) in [5, 5.41) is 2.12. The van der Waals surface area contributed by atoms with Crippen molar-refractivity contribution in [1.82, 2.24) is 24.5 Å². The molecule has 1 radical (unpaired) electrons. The molecule has 5 aromatic heterocycles. The molecule has 6 nitrogen and oxygen atoms in total. The summed E-state index contributed by atoms with van der Waals surface area (Å²) in [5.74, 6) is 8.81. The number of furan rings is 1. The van der Waals surface area contributed by atoms with Gasteiger partial charge >= 0.3 is 132 Å². The third kappa shape index (κ3) is 7.05. The van der Waals surface area contributed by atoms with Gasteiger partial charge in [-0.05, 0) is 31.5 Å². The molecule has 0 aliphatic heterocycles. The van der Waals surface area contributed by atoms with Crippen molar-refractivity contribution < 1.29 is 24.5 Å². The number of hydrogen-bond acceptors (Lipinski definition) is 5. The Hall–Kier alpha value is -3.65. The monoisotopic (exact) mass is 876 g/mol. The van der Waals surface area contributed by atoms with Gasteiger partial charge in [-0.25, -0.2) is 4.98 Å². The van der Waals surface area contributed by atoms with Crippen molar-refractivity contribution in [2.75, 3.05) is 0 Å². The number of hydrogen-bond donors (Lipinski definition) is 0. The standard InChI is InChI=1S/C21H17N4O.C19H26GeN.Ir/c1-11-5-6-14(20-24-16-7-8-22-10-17(16)25(20)4)19-18(11)15-9-12(2)13(3)23-21(15)26-19;1-14(2)11-17-12-19(16-9-7-15(3)8-10-16)21-13-18(17)20(4,5)6;/h5,7-10H,1-4H3;7-9,12-14H,11H2,1-6H3;/q2*-1;. The number of rotatable bonds is 5. The van der Waals surface area contributed by atoms with Gasteiger partial charge < -0.3 is 8.98 Å². The Morgan fingerprint density at radius 1 is 0.917 bits per heavy atom. The molecule has 5 heterocycles. The van der Waals surface area contributed by atoms with Gasteiger partial charge in [-0.1, -0.05) is 17.9 Å². The van der Waals surface area contributed by atoms with Gasteiger partial charge in [-0.2, -0.15) is 0 Å². The Morgan fingerprint density at radius 2 is 1.69 bits per heavy atom. The van der Waals surface area contributed by atoms with Gasteiger partial charge in [0.15, 0.2) is 0 Å². The summed E-state index contributed by atoms with van der Waals surface area (Å²) in [6, 6.07) is 21.4. The van der Waals surface area contributed by atoms with Crippen molar-refractivity contribution in [2.45, 2.75) is 65.2 Å². The molecule has 0 saturated carbocycles. The third-order valence-corrected chi connectivity index (χ3v) is 13.1. The zero-order valence-electron chi connectivity index (χ0n) is 29.5. The number of benzene rings is 2. The van der Waals surface area contributed by atoms with E-state index in [1.165, 1.54) is 11.1 Å². The van der Waals surface area contributed by atoms with Crippen LogP contribution in [0.3, 0.4) is 0 Å². The second-order valence-corrected chi connectivity index (χ2v) is 24.7. The van der Waals surface area contributed by atoms with Crippen molar-refractivity contribution >= 4 is 50.8 Å². The van der Waals surface area contributed by atoms with Crippen LogP contribution in [0.4, 0.5) is 0 Å². The van der Waals surface area contributed by atoms with E-state index in [2.05, 4.69) is 104 Å². The summed E-state index contributed by atoms with van der Waals surface area (Å²) in [6.07, 6.45) is 6.86. The predicted octanol–water partition coefficient (Wildman–Crippen LogP) is 9.25. The van der Waals surface area contributed by atoms with E-state index in [1.54, 1.807) is 10.6 Å². The molecule has 7 aromatic rings. The number of aryl methyl sites for hydroxylation is 5. The van der Waals surface area contributed by atoms with Crippen molar-refractivity contribution in [3.63, 3.8) is 0 Å². The van der Waals surface area contributed by atoms with E-state index in [0.717, 1.165) is 73.3 Å². The fourth-order valence-corrected chi connectivity index (χ4v) is 9.45. The van der Waals surface area contributed by atoms with Gasteiger partial charge in [0.1, 0.15) is 0 Å². The van der Waals surface area contributed by atoms with Crippen LogP contribution >= 0.6 is 0 Å². The van der Waals surface area contributed by atoms with Crippen LogP contribution in [0.2, 0.25) is 17.3 Å². The molecule has 0 amide bonds. The van der Waals surface area contributed by atoms with Crippen LogP contribution in [0.25, 0.3) is 55.7 Å². The Morgan fingerprint density at radius 3 is 2.35 bits per heavy atom. The molecule has 2 aromatic carbocycles. The first kappa shape index (κ1) is 35.7. The maximum absolute atomic E-state index is 6.19.